The second-order valence-corrected chi connectivity index (χ2v) is 20.3. The second-order valence-electron chi connectivity index (χ2n) is 19.3. The van der Waals surface area contributed by atoms with E-state index in [1.54, 1.807) is 25.3 Å². The van der Waals surface area contributed by atoms with Gasteiger partial charge >= 0.3 is 12.0 Å². The lowest BCUT2D eigenvalue weighted by molar-refractivity contribution is -0.155. The summed E-state index contributed by atoms with van der Waals surface area (Å²) in [5, 5.41) is 11.0. The zero-order chi connectivity index (χ0) is 46.4. The lowest BCUT2D eigenvalue weighted by atomic mass is 9.84. The number of pyridine rings is 1. The van der Waals surface area contributed by atoms with Gasteiger partial charge in [-0.3, -0.25) is 29.2 Å². The molecule has 7 heterocycles. The van der Waals surface area contributed by atoms with Crippen molar-refractivity contribution in [2.24, 2.45) is 16.7 Å². The molecule has 6 bridgehead atoms. The number of methoxy groups -OCH3 is 1. The standard InChI is InChI=1S/C48H63N9O7S/c1-9-56-37-15-14-30-22-32(37)33(41(56)31-12-10-18-49-39(31)29(4)63-8)24-47(5,6)27-64-44(60)34-13-11-20-57(53-34)43(59)35(23-38-51-36(30)25-65-38)52-42(58)40(28(2)3)54(7)46(62)55-21-17-48(26-55)16-19-50-45(48)61/h10,12,14-15,18,22,25,28-29,34-35,40,53H,9,11,13,16-17,19-21,23-24,26-27H2,1-8H3,(H,50,61)(H,52,58)/t29-,34-,35-,40-,48+/m0/s1. The van der Waals surface area contributed by atoms with Gasteiger partial charge in [-0.25, -0.2) is 15.2 Å². The number of aryl methyl sites for hydroxylation is 1. The Morgan fingerprint density at radius 3 is 2.65 bits per heavy atom. The molecule has 5 amide bonds. The van der Waals surface area contributed by atoms with E-state index in [9.17, 15) is 24.0 Å². The van der Waals surface area contributed by atoms with Gasteiger partial charge in [0.05, 0.1) is 40.2 Å². The number of urea groups is 1. The van der Waals surface area contributed by atoms with Crippen molar-refractivity contribution >= 4 is 52.0 Å². The lowest BCUT2D eigenvalue weighted by Crippen LogP contribution is -2.62. The number of hydrogen-bond acceptors (Lipinski definition) is 11. The molecule has 3 fully saturated rings. The van der Waals surface area contributed by atoms with Crippen LogP contribution in [0.1, 0.15) is 89.6 Å². The van der Waals surface area contributed by atoms with Gasteiger partial charge in [0.15, 0.2) is 0 Å². The third kappa shape index (κ3) is 8.98. The third-order valence-electron chi connectivity index (χ3n) is 13.8. The van der Waals surface area contributed by atoms with Crippen LogP contribution < -0.4 is 16.1 Å². The molecule has 17 heteroatoms. The van der Waals surface area contributed by atoms with Crippen LogP contribution in [0.4, 0.5) is 4.79 Å². The number of hydrazine groups is 1. The lowest BCUT2D eigenvalue weighted by Gasteiger charge is -2.37. The van der Waals surface area contributed by atoms with Crippen LogP contribution in [0, 0.1) is 16.7 Å². The molecule has 0 radical (unpaired) electrons. The number of likely N-dealkylation sites (tertiary alicyclic amines) is 1. The minimum absolute atomic E-state index is 0.0310. The maximum atomic E-state index is 14.6. The van der Waals surface area contributed by atoms with E-state index < -0.39 is 46.7 Å². The minimum Gasteiger partial charge on any atom is -0.464 e. The average molecular weight is 910 g/mol. The molecule has 4 aliphatic rings. The van der Waals surface area contributed by atoms with Crippen molar-refractivity contribution in [1.29, 1.82) is 0 Å². The summed E-state index contributed by atoms with van der Waals surface area (Å²) in [7, 11) is 3.29. The van der Waals surface area contributed by atoms with E-state index in [0.29, 0.717) is 69.8 Å². The Morgan fingerprint density at radius 1 is 1.12 bits per heavy atom. The molecule has 5 atom stereocenters. The fourth-order valence-corrected chi connectivity index (χ4v) is 11.1. The van der Waals surface area contributed by atoms with Gasteiger partial charge in [0.25, 0.3) is 5.91 Å². The summed E-state index contributed by atoms with van der Waals surface area (Å²) in [5.74, 6) is -1.71. The summed E-state index contributed by atoms with van der Waals surface area (Å²) in [5.41, 5.74) is 8.68. The van der Waals surface area contributed by atoms with Gasteiger partial charge in [-0.2, -0.15) is 0 Å². The van der Waals surface area contributed by atoms with Gasteiger partial charge in [0.2, 0.25) is 11.8 Å². The molecule has 0 unspecified atom stereocenters. The second kappa shape index (κ2) is 18.5. The summed E-state index contributed by atoms with van der Waals surface area (Å²) in [6.45, 7) is 14.5. The highest BCUT2D eigenvalue weighted by atomic mass is 32.1. The van der Waals surface area contributed by atoms with E-state index in [4.69, 9.17) is 19.4 Å². The van der Waals surface area contributed by atoms with Gasteiger partial charge in [0.1, 0.15) is 18.1 Å². The fraction of sp³-hybridized carbons (Fsp3) is 0.562. The van der Waals surface area contributed by atoms with Crippen molar-refractivity contribution in [2.45, 2.75) is 111 Å². The van der Waals surface area contributed by atoms with Crippen LogP contribution in [0.15, 0.2) is 41.9 Å². The molecule has 0 aliphatic carbocycles. The third-order valence-corrected chi connectivity index (χ3v) is 14.6. The number of rotatable bonds is 8. The number of nitrogens with one attached hydrogen (secondary N) is 3. The van der Waals surface area contributed by atoms with Crippen molar-refractivity contribution in [3.63, 3.8) is 0 Å². The Balaban J connectivity index is 1.15. The Morgan fingerprint density at radius 2 is 1.92 bits per heavy atom. The molecule has 3 aromatic heterocycles. The summed E-state index contributed by atoms with van der Waals surface area (Å²) >= 11 is 1.41. The molecule has 65 heavy (non-hydrogen) atoms. The number of cyclic esters (lactones) is 1. The smallest absolute Gasteiger partial charge is 0.324 e. The quantitative estimate of drug-likeness (QED) is 0.192. The number of carbonyl (C=O) groups is 5. The number of hydrogen-bond donors (Lipinski definition) is 3. The molecule has 1 aromatic carbocycles. The maximum absolute atomic E-state index is 14.6. The van der Waals surface area contributed by atoms with Gasteiger partial charge in [0, 0.05) is 92.3 Å². The van der Waals surface area contributed by atoms with Crippen LogP contribution >= 0.6 is 11.3 Å². The first-order valence-electron chi connectivity index (χ1n) is 23.0. The molecule has 4 aromatic rings. The van der Waals surface area contributed by atoms with Crippen molar-refractivity contribution in [3.8, 4) is 22.5 Å². The maximum Gasteiger partial charge on any atom is 0.324 e. The summed E-state index contributed by atoms with van der Waals surface area (Å²) in [6.07, 6.45) is 4.44. The first-order valence-corrected chi connectivity index (χ1v) is 23.8. The van der Waals surface area contributed by atoms with E-state index in [-0.39, 0.29) is 37.0 Å². The van der Waals surface area contributed by atoms with Crippen LogP contribution in [0.2, 0.25) is 0 Å². The molecule has 348 valence electrons. The zero-order valence-electron chi connectivity index (χ0n) is 38.9. The number of carbonyl (C=O) groups excluding carboxylic acids is 5. The number of esters is 1. The summed E-state index contributed by atoms with van der Waals surface area (Å²) < 4.78 is 14.2. The number of ether oxygens (including phenoxy) is 2. The molecule has 3 N–H and O–H groups in total. The van der Waals surface area contributed by atoms with Gasteiger partial charge in [-0.1, -0.05) is 33.8 Å². The molecule has 4 aliphatic heterocycles. The van der Waals surface area contributed by atoms with E-state index in [1.165, 1.54) is 21.2 Å². The van der Waals surface area contributed by atoms with Crippen LogP contribution in [0.3, 0.4) is 0 Å². The number of likely N-dealkylation sites (N-methyl/N-ethyl adjacent to an activating group) is 1. The largest absolute Gasteiger partial charge is 0.464 e. The molecular formula is C48H63N9O7S. The first-order chi connectivity index (χ1) is 31.0. The molecular weight excluding hydrogens is 847 g/mol. The van der Waals surface area contributed by atoms with Gasteiger partial charge < -0.3 is 34.5 Å². The number of nitrogens with zero attached hydrogens (tertiary/aromatic N) is 6. The molecule has 1 spiro atoms. The molecule has 16 nitrogen and oxygen atoms in total. The van der Waals surface area contributed by atoms with Crippen molar-refractivity contribution in [1.82, 2.24) is 45.4 Å². The Labute approximate surface area is 384 Å². The van der Waals surface area contributed by atoms with Gasteiger partial charge in [-0.05, 0) is 81.7 Å². The topological polar surface area (TPSA) is 180 Å². The van der Waals surface area contributed by atoms with Crippen LogP contribution in [0.5, 0.6) is 0 Å². The first kappa shape index (κ1) is 46.2. The van der Waals surface area contributed by atoms with Crippen LogP contribution in [-0.4, -0.2) is 124 Å². The van der Waals surface area contributed by atoms with E-state index in [1.807, 2.05) is 32.2 Å². The number of benzene rings is 1. The highest BCUT2D eigenvalue weighted by Crippen LogP contribution is 2.42. The summed E-state index contributed by atoms with van der Waals surface area (Å²) in [6, 6.07) is 7.28. The fourth-order valence-electron chi connectivity index (χ4n) is 10.2. The molecule has 8 rings (SSSR count). The Hall–Kier alpha value is -5.39. The normalized spacial score (nSPS) is 23.4. The number of fused-ring (bicyclic) bond motifs is 6. The Bertz CT molecular complexity index is 2480. The van der Waals surface area contributed by atoms with Crippen molar-refractivity contribution in [3.05, 3.63) is 58.2 Å². The van der Waals surface area contributed by atoms with Gasteiger partial charge in [-0.15, -0.1) is 11.3 Å². The highest BCUT2D eigenvalue weighted by Gasteiger charge is 2.50. The number of aromatic nitrogens is 3. The summed E-state index contributed by atoms with van der Waals surface area (Å²) in [4.78, 5) is 82.7. The highest BCUT2D eigenvalue weighted by molar-refractivity contribution is 7.10. The average Bonchev–Trinajstić information content (AvgIpc) is 4.10. The van der Waals surface area contributed by atoms with Crippen molar-refractivity contribution < 1.29 is 33.4 Å². The van der Waals surface area contributed by atoms with Crippen LogP contribution in [-0.2, 0) is 48.0 Å². The molecule has 3 saturated heterocycles. The number of thiazole rings is 1. The molecule has 0 saturated carbocycles. The van der Waals surface area contributed by atoms with Crippen molar-refractivity contribution in [2.75, 3.05) is 46.9 Å². The monoisotopic (exact) mass is 909 g/mol. The van der Waals surface area contributed by atoms with Crippen LogP contribution in [0.25, 0.3) is 33.4 Å². The predicted molar refractivity (Wildman–Crippen MR) is 247 cm³/mol. The minimum atomic E-state index is -1.08. The SMILES string of the molecule is CCn1c(-c2cccnc2[C@H](C)OC)c2c3cc(ccc31)-c1csc(n1)C[C@H](NC(=O)[C@H](C(C)C)N(C)C(=O)N1CC[C@]3(CCNC3=O)C1)C(=O)N1CCC[C@H](N1)C(=O)OCC(C)(C)C2. The predicted octanol–water partition coefficient (Wildman–Crippen LogP) is 5.49. The number of amides is 5. The van der Waals surface area contributed by atoms with E-state index in [0.717, 1.165) is 44.7 Å². The van der Waals surface area contributed by atoms with E-state index >= 15 is 0 Å². The van der Waals surface area contributed by atoms with E-state index in [2.05, 4.69) is 65.7 Å². The Kier molecular flexibility index (Phi) is 13.1. The zero-order valence-corrected chi connectivity index (χ0v) is 39.7.